The second-order valence-electron chi connectivity index (χ2n) is 5.03. The van der Waals surface area contributed by atoms with Gasteiger partial charge < -0.3 is 5.32 Å². The Morgan fingerprint density at radius 3 is 1.84 bits per heavy atom. The van der Waals surface area contributed by atoms with Gasteiger partial charge in [0.05, 0.1) is 0 Å². The molecule has 0 aliphatic carbocycles. The van der Waals surface area contributed by atoms with Gasteiger partial charge in [-0.3, -0.25) is 0 Å². The smallest absolute Gasteiger partial charge is 0.0344 e. The summed E-state index contributed by atoms with van der Waals surface area (Å²) in [6.07, 6.45) is 1.25. The molecule has 0 bridgehead atoms. The van der Waals surface area contributed by atoms with E-state index in [0.717, 1.165) is 6.54 Å². The highest BCUT2D eigenvalue weighted by Crippen LogP contribution is 2.36. The summed E-state index contributed by atoms with van der Waals surface area (Å²) in [5, 5.41) is 9.03. The fourth-order valence-corrected chi connectivity index (χ4v) is 2.96. The zero-order chi connectivity index (χ0) is 11.9. The van der Waals surface area contributed by atoms with Crippen LogP contribution in [0.2, 0.25) is 0 Å². The van der Waals surface area contributed by atoms with E-state index < -0.39 is 0 Å². The third-order valence-electron chi connectivity index (χ3n) is 3.99. The van der Waals surface area contributed by atoms with Crippen LogP contribution in [0.15, 0.2) is 54.6 Å². The number of benzene rings is 3. The summed E-state index contributed by atoms with van der Waals surface area (Å²) in [5.74, 6) is 0. The van der Waals surface area contributed by atoms with Crippen molar-refractivity contribution in [1.29, 1.82) is 0 Å². The molecule has 0 amide bonds. The van der Waals surface area contributed by atoms with Crippen molar-refractivity contribution in [2.75, 3.05) is 6.54 Å². The van der Waals surface area contributed by atoms with Crippen molar-refractivity contribution < 1.29 is 0 Å². The molecule has 0 radical (unpaired) electrons. The molecule has 1 aliphatic heterocycles. The lowest BCUT2D eigenvalue weighted by molar-refractivity contribution is 0.388. The molecule has 19 heavy (non-hydrogen) atoms. The van der Waals surface area contributed by atoms with E-state index in [1.807, 2.05) is 0 Å². The fraction of sp³-hybridized carbons (Fsp3) is 0.176. The van der Waals surface area contributed by atoms with Crippen LogP contribution < -0.4 is 5.32 Å². The largest absolute Gasteiger partial charge is 0.310 e. The molecule has 1 atom stereocenters. The minimum Gasteiger partial charge on any atom is -0.310 e. The Labute approximate surface area is 119 Å². The van der Waals surface area contributed by atoms with Crippen LogP contribution in [0, 0.1) is 0 Å². The molecule has 0 saturated carbocycles. The molecular formula is C17H16ClN. The molecule has 96 valence electrons. The summed E-state index contributed by atoms with van der Waals surface area (Å²) in [6, 6.07) is 20.3. The topological polar surface area (TPSA) is 12.0 Å². The van der Waals surface area contributed by atoms with E-state index in [9.17, 15) is 0 Å². The first-order valence-electron chi connectivity index (χ1n) is 6.57. The SMILES string of the molecule is Cl.c1ccc2c([C@@H]3CCN3)c3ccccc3cc2c1. The van der Waals surface area contributed by atoms with Gasteiger partial charge in [-0.25, -0.2) is 0 Å². The number of rotatable bonds is 1. The summed E-state index contributed by atoms with van der Waals surface area (Å²) in [6.45, 7) is 1.14. The van der Waals surface area contributed by atoms with Crippen molar-refractivity contribution >= 4 is 34.0 Å². The molecule has 1 N–H and O–H groups in total. The Morgan fingerprint density at radius 2 is 1.37 bits per heavy atom. The van der Waals surface area contributed by atoms with Crippen LogP contribution in [0.1, 0.15) is 18.0 Å². The molecule has 3 aromatic rings. The van der Waals surface area contributed by atoms with E-state index in [1.54, 1.807) is 0 Å². The van der Waals surface area contributed by atoms with Gasteiger partial charge in [0.2, 0.25) is 0 Å². The first-order chi connectivity index (χ1) is 8.93. The third-order valence-corrected chi connectivity index (χ3v) is 3.99. The number of hydrogen-bond acceptors (Lipinski definition) is 1. The maximum atomic E-state index is 3.55. The average molecular weight is 270 g/mol. The van der Waals surface area contributed by atoms with Crippen molar-refractivity contribution in [3.05, 3.63) is 60.2 Å². The van der Waals surface area contributed by atoms with Gasteiger partial charge in [-0.15, -0.1) is 12.4 Å². The van der Waals surface area contributed by atoms with Crippen LogP contribution in [0.5, 0.6) is 0 Å². The lowest BCUT2D eigenvalue weighted by atomic mass is 9.88. The van der Waals surface area contributed by atoms with E-state index in [1.165, 1.54) is 33.5 Å². The van der Waals surface area contributed by atoms with E-state index in [0.29, 0.717) is 6.04 Å². The van der Waals surface area contributed by atoms with Crippen LogP contribution in [0.25, 0.3) is 21.5 Å². The lowest BCUT2D eigenvalue weighted by Gasteiger charge is -2.30. The zero-order valence-corrected chi connectivity index (χ0v) is 11.4. The van der Waals surface area contributed by atoms with Crippen LogP contribution in [-0.4, -0.2) is 6.54 Å². The van der Waals surface area contributed by atoms with E-state index >= 15 is 0 Å². The van der Waals surface area contributed by atoms with Gasteiger partial charge in [0.15, 0.2) is 0 Å². The van der Waals surface area contributed by atoms with E-state index in [-0.39, 0.29) is 12.4 Å². The lowest BCUT2D eigenvalue weighted by Crippen LogP contribution is -2.35. The Hall–Kier alpha value is -1.57. The van der Waals surface area contributed by atoms with Gasteiger partial charge in [-0.2, -0.15) is 0 Å². The summed E-state index contributed by atoms with van der Waals surface area (Å²) in [5.41, 5.74) is 1.48. The molecule has 2 heteroatoms. The van der Waals surface area contributed by atoms with Gasteiger partial charge in [-0.1, -0.05) is 48.5 Å². The second-order valence-corrected chi connectivity index (χ2v) is 5.03. The Bertz CT molecular complexity index is 677. The molecule has 1 nitrogen and oxygen atoms in total. The maximum Gasteiger partial charge on any atom is 0.0344 e. The van der Waals surface area contributed by atoms with Crippen LogP contribution in [0.4, 0.5) is 0 Å². The number of fused-ring (bicyclic) bond motifs is 2. The minimum atomic E-state index is 0. The predicted molar refractivity (Wildman–Crippen MR) is 84.1 cm³/mol. The highest BCUT2D eigenvalue weighted by molar-refractivity contribution is 6.02. The Balaban J connectivity index is 0.00000110. The van der Waals surface area contributed by atoms with Crippen LogP contribution in [0.3, 0.4) is 0 Å². The standard InChI is InChI=1S/C17H15N.ClH/c1-3-7-14-12(5-1)11-13-6-2-4-8-15(13)17(14)16-9-10-18-16;/h1-8,11,16,18H,9-10H2;1H/t16-;/m0./s1. The molecule has 1 saturated heterocycles. The fourth-order valence-electron chi connectivity index (χ4n) is 2.96. The Kier molecular flexibility index (Phi) is 3.17. The summed E-state index contributed by atoms with van der Waals surface area (Å²) in [4.78, 5) is 0. The second kappa shape index (κ2) is 4.84. The van der Waals surface area contributed by atoms with Crippen molar-refractivity contribution in [2.24, 2.45) is 0 Å². The quantitative estimate of drug-likeness (QED) is 0.644. The molecule has 0 unspecified atom stereocenters. The molecule has 3 aromatic carbocycles. The highest BCUT2D eigenvalue weighted by Gasteiger charge is 2.22. The van der Waals surface area contributed by atoms with Gasteiger partial charge in [-0.05, 0) is 46.1 Å². The normalized spacial score (nSPS) is 18.0. The molecule has 0 spiro atoms. The first-order valence-corrected chi connectivity index (χ1v) is 6.57. The molecule has 4 rings (SSSR count). The maximum absolute atomic E-state index is 3.55. The van der Waals surface area contributed by atoms with Crippen molar-refractivity contribution in [2.45, 2.75) is 12.5 Å². The van der Waals surface area contributed by atoms with Crippen LogP contribution in [-0.2, 0) is 0 Å². The van der Waals surface area contributed by atoms with Gasteiger partial charge in [0.25, 0.3) is 0 Å². The van der Waals surface area contributed by atoms with Gasteiger partial charge in [0, 0.05) is 6.04 Å². The third kappa shape index (κ3) is 1.90. The van der Waals surface area contributed by atoms with Crippen molar-refractivity contribution in [3.63, 3.8) is 0 Å². The molecule has 1 fully saturated rings. The number of nitrogens with one attached hydrogen (secondary N) is 1. The molecule has 0 aromatic heterocycles. The van der Waals surface area contributed by atoms with Crippen molar-refractivity contribution in [1.82, 2.24) is 5.32 Å². The Morgan fingerprint density at radius 1 is 0.842 bits per heavy atom. The minimum absolute atomic E-state index is 0. The summed E-state index contributed by atoms with van der Waals surface area (Å²) in [7, 11) is 0. The summed E-state index contributed by atoms with van der Waals surface area (Å²) >= 11 is 0. The first kappa shape index (κ1) is 12.5. The van der Waals surface area contributed by atoms with Gasteiger partial charge >= 0.3 is 0 Å². The van der Waals surface area contributed by atoms with Crippen molar-refractivity contribution in [3.8, 4) is 0 Å². The average Bonchev–Trinajstić information content (AvgIpc) is 2.36. The number of hydrogen-bond donors (Lipinski definition) is 1. The molecular weight excluding hydrogens is 254 g/mol. The highest BCUT2D eigenvalue weighted by atomic mass is 35.5. The monoisotopic (exact) mass is 269 g/mol. The van der Waals surface area contributed by atoms with Crippen LogP contribution >= 0.6 is 12.4 Å². The predicted octanol–water partition coefficient (Wildman–Crippen LogP) is 4.45. The van der Waals surface area contributed by atoms with Gasteiger partial charge in [0.1, 0.15) is 0 Å². The molecule has 1 heterocycles. The summed E-state index contributed by atoms with van der Waals surface area (Å²) < 4.78 is 0. The van der Waals surface area contributed by atoms with E-state index in [4.69, 9.17) is 0 Å². The number of halogens is 1. The molecule has 1 aliphatic rings. The zero-order valence-electron chi connectivity index (χ0n) is 10.6. The van der Waals surface area contributed by atoms with E-state index in [2.05, 4.69) is 59.9 Å².